The number of fused-ring (bicyclic) bond motifs is 6. The zero-order valence-electron chi connectivity index (χ0n) is 30.6. The van der Waals surface area contributed by atoms with Crippen molar-refractivity contribution in [2.75, 3.05) is 15.1 Å². The lowest BCUT2D eigenvalue weighted by Crippen LogP contribution is -2.42. The number of aryl methyl sites for hydroxylation is 1. The summed E-state index contributed by atoms with van der Waals surface area (Å²) in [6, 6.07) is 62.1. The van der Waals surface area contributed by atoms with E-state index in [-0.39, 0.29) is 0 Å². The van der Waals surface area contributed by atoms with Crippen molar-refractivity contribution in [3.8, 4) is 34.1 Å². The maximum atomic E-state index is 6.62. The van der Waals surface area contributed by atoms with Crippen molar-refractivity contribution in [1.82, 2.24) is 0 Å². The molecular formula is C49H34BN3O2S. The van der Waals surface area contributed by atoms with Crippen molar-refractivity contribution >= 4 is 75.5 Å². The van der Waals surface area contributed by atoms with Crippen molar-refractivity contribution in [3.63, 3.8) is 0 Å². The Morgan fingerprint density at radius 3 is 1.91 bits per heavy atom. The molecule has 0 aromatic heterocycles. The van der Waals surface area contributed by atoms with Crippen LogP contribution in [0.3, 0.4) is 0 Å². The summed E-state index contributed by atoms with van der Waals surface area (Å²) in [5.74, 6) is 2.74. The van der Waals surface area contributed by atoms with Crippen LogP contribution in [0, 0.1) is 6.92 Å². The molecule has 8 aromatic rings. The molecule has 3 heterocycles. The van der Waals surface area contributed by atoms with E-state index in [1.165, 1.54) is 32.1 Å². The monoisotopic (exact) mass is 739 g/mol. The lowest BCUT2D eigenvalue weighted by Gasteiger charge is -2.40. The smallest absolute Gasteiger partial charge is 0.198 e. The van der Waals surface area contributed by atoms with Gasteiger partial charge in [0.1, 0.15) is 0 Å². The molecule has 0 saturated carbocycles. The van der Waals surface area contributed by atoms with Gasteiger partial charge in [0.2, 0.25) is 0 Å². The Hall–Kier alpha value is -6.83. The molecular weight excluding hydrogens is 705 g/mol. The number of ether oxygens (including phenoxy) is 2. The fourth-order valence-corrected chi connectivity index (χ4v) is 9.33. The first-order chi connectivity index (χ1) is 27.7. The SMILES string of the molecule is Cc1ccccc1Nc1cc2c(cc1-c1cc(N(c3ccccc3)c3ccccc3)cc3c1Bc1cccc4c1N3c1ccccc1S4)Oc1ccccc1O2. The number of rotatable bonds is 6. The zero-order valence-corrected chi connectivity index (χ0v) is 31.4. The molecule has 0 saturated heterocycles. The average molecular weight is 740 g/mol. The molecule has 56 heavy (non-hydrogen) atoms. The van der Waals surface area contributed by atoms with Crippen molar-refractivity contribution < 1.29 is 9.47 Å². The number of anilines is 8. The minimum Gasteiger partial charge on any atom is -0.449 e. The van der Waals surface area contributed by atoms with Gasteiger partial charge in [-0.1, -0.05) is 108 Å². The first kappa shape index (κ1) is 32.6. The number of hydrogen-bond donors (Lipinski definition) is 1. The molecule has 0 atom stereocenters. The van der Waals surface area contributed by atoms with Gasteiger partial charge < -0.3 is 24.6 Å². The molecule has 3 aliphatic heterocycles. The Kier molecular flexibility index (Phi) is 7.67. The molecule has 7 heteroatoms. The van der Waals surface area contributed by atoms with Gasteiger partial charge in [-0.2, -0.15) is 0 Å². The van der Waals surface area contributed by atoms with Gasteiger partial charge in [-0.15, -0.1) is 0 Å². The predicted octanol–water partition coefficient (Wildman–Crippen LogP) is 12.4. The molecule has 0 unspecified atom stereocenters. The molecule has 8 aromatic carbocycles. The van der Waals surface area contributed by atoms with Gasteiger partial charge in [0.05, 0.1) is 17.1 Å². The van der Waals surface area contributed by atoms with Gasteiger partial charge in [-0.05, 0) is 102 Å². The summed E-state index contributed by atoms with van der Waals surface area (Å²) in [6.45, 7) is 2.14. The molecule has 1 N–H and O–H groups in total. The van der Waals surface area contributed by atoms with E-state index in [1.807, 2.05) is 36.0 Å². The van der Waals surface area contributed by atoms with Crippen molar-refractivity contribution in [1.29, 1.82) is 0 Å². The Morgan fingerprint density at radius 2 is 1.16 bits per heavy atom. The highest BCUT2D eigenvalue weighted by atomic mass is 32.2. The first-order valence-electron chi connectivity index (χ1n) is 18.9. The molecule has 0 radical (unpaired) electrons. The second-order valence-corrected chi connectivity index (χ2v) is 15.4. The van der Waals surface area contributed by atoms with Crippen molar-refractivity contribution in [2.45, 2.75) is 16.7 Å². The standard InChI is InChI=1S/C49H34BN3O2S/c1-31-15-8-9-21-38(31)51-39-30-45-44(54-42-23-11-12-24-43(42)55-45)29-35(39)36-27-34(52(32-16-4-2-5-17-32)33-18-6-3-7-19-33)28-41-48(36)50-37-20-14-26-47-49(37)53(41)40-22-10-13-25-46(40)56-47/h2-30,50-51H,1H3. The van der Waals surface area contributed by atoms with Crippen LogP contribution in [-0.2, 0) is 0 Å². The van der Waals surface area contributed by atoms with E-state index < -0.39 is 0 Å². The number of benzene rings is 8. The van der Waals surface area contributed by atoms with Crippen LogP contribution in [0.2, 0.25) is 0 Å². The van der Waals surface area contributed by atoms with E-state index in [4.69, 9.17) is 9.47 Å². The third-order valence-corrected chi connectivity index (χ3v) is 11.9. The molecule has 0 aliphatic carbocycles. The van der Waals surface area contributed by atoms with Crippen LogP contribution in [0.4, 0.5) is 45.5 Å². The third kappa shape index (κ3) is 5.42. The lowest BCUT2D eigenvalue weighted by molar-refractivity contribution is 0.360. The van der Waals surface area contributed by atoms with Gasteiger partial charge in [-0.25, -0.2) is 0 Å². The van der Waals surface area contributed by atoms with E-state index in [9.17, 15) is 0 Å². The summed E-state index contributed by atoms with van der Waals surface area (Å²) < 4.78 is 13.1. The van der Waals surface area contributed by atoms with E-state index >= 15 is 0 Å². The van der Waals surface area contributed by atoms with Crippen LogP contribution in [0.1, 0.15) is 5.56 Å². The molecule has 266 valence electrons. The van der Waals surface area contributed by atoms with E-state index in [2.05, 4.69) is 174 Å². The number of para-hydroxylation sites is 7. The van der Waals surface area contributed by atoms with E-state index in [1.54, 1.807) is 0 Å². The predicted molar refractivity (Wildman–Crippen MR) is 233 cm³/mol. The number of hydrogen-bond acceptors (Lipinski definition) is 6. The fourth-order valence-electron chi connectivity index (χ4n) is 8.21. The molecule has 11 rings (SSSR count). The largest absolute Gasteiger partial charge is 0.449 e. The maximum Gasteiger partial charge on any atom is 0.198 e. The van der Waals surface area contributed by atoms with Crippen LogP contribution >= 0.6 is 11.8 Å². The quantitative estimate of drug-likeness (QED) is 0.171. The third-order valence-electron chi connectivity index (χ3n) is 10.8. The van der Waals surface area contributed by atoms with Gasteiger partial charge in [0.15, 0.2) is 30.3 Å². The van der Waals surface area contributed by atoms with Crippen LogP contribution in [-0.4, -0.2) is 7.28 Å². The van der Waals surface area contributed by atoms with Gasteiger partial charge in [0.25, 0.3) is 0 Å². The van der Waals surface area contributed by atoms with E-state index in [0.717, 1.165) is 58.1 Å². The van der Waals surface area contributed by atoms with Crippen LogP contribution in [0.15, 0.2) is 186 Å². The van der Waals surface area contributed by atoms with Crippen LogP contribution in [0.5, 0.6) is 23.0 Å². The fraction of sp³-hybridized carbons (Fsp3) is 0.0204. The highest BCUT2D eigenvalue weighted by molar-refractivity contribution is 7.99. The highest BCUT2D eigenvalue weighted by Crippen LogP contribution is 2.54. The van der Waals surface area contributed by atoms with E-state index in [0.29, 0.717) is 23.0 Å². The second kappa shape index (κ2) is 13.2. The topological polar surface area (TPSA) is 37.0 Å². The first-order valence-corrected chi connectivity index (χ1v) is 19.7. The Labute approximate surface area is 331 Å². The Morgan fingerprint density at radius 1 is 0.518 bits per heavy atom. The van der Waals surface area contributed by atoms with Crippen molar-refractivity contribution in [2.24, 2.45) is 0 Å². The molecule has 0 bridgehead atoms. The summed E-state index contributed by atoms with van der Waals surface area (Å²) in [7, 11) is 0.769. The normalized spacial score (nSPS) is 12.7. The molecule has 5 nitrogen and oxygen atoms in total. The number of nitrogens with zero attached hydrogens (tertiary/aromatic N) is 2. The summed E-state index contributed by atoms with van der Waals surface area (Å²) in [5, 5.41) is 3.85. The molecule has 0 spiro atoms. The van der Waals surface area contributed by atoms with Gasteiger partial charge in [0, 0.05) is 49.9 Å². The second-order valence-electron chi connectivity index (χ2n) is 14.3. The summed E-state index contributed by atoms with van der Waals surface area (Å²) in [6.07, 6.45) is 0. The Balaban J connectivity index is 1.21. The lowest BCUT2D eigenvalue weighted by atomic mass is 9.58. The minimum absolute atomic E-state index is 0.667. The molecule has 0 amide bonds. The zero-order chi connectivity index (χ0) is 37.2. The van der Waals surface area contributed by atoms with Crippen LogP contribution in [0.25, 0.3) is 11.1 Å². The Bertz CT molecular complexity index is 2790. The minimum atomic E-state index is 0.667. The summed E-state index contributed by atoms with van der Waals surface area (Å²) >= 11 is 1.85. The molecule has 3 aliphatic rings. The summed E-state index contributed by atoms with van der Waals surface area (Å²) in [5.41, 5.74) is 14.6. The highest BCUT2D eigenvalue weighted by Gasteiger charge is 2.35. The average Bonchev–Trinajstić information content (AvgIpc) is 3.24. The number of nitrogens with one attached hydrogen (secondary N) is 1. The van der Waals surface area contributed by atoms with Gasteiger partial charge >= 0.3 is 0 Å². The molecule has 0 fully saturated rings. The van der Waals surface area contributed by atoms with Crippen molar-refractivity contribution in [3.05, 3.63) is 181 Å². The van der Waals surface area contributed by atoms with Crippen LogP contribution < -0.4 is 35.5 Å². The van der Waals surface area contributed by atoms with Gasteiger partial charge in [-0.3, -0.25) is 0 Å². The maximum absolute atomic E-state index is 6.62. The summed E-state index contributed by atoms with van der Waals surface area (Å²) in [4.78, 5) is 7.36.